The topological polar surface area (TPSA) is 98.1 Å². The molecule has 1 aromatic carbocycles. The molecule has 0 saturated carbocycles. The molecular weight excluding hydrogens is 372 g/mol. The van der Waals surface area contributed by atoms with Crippen LogP contribution in [0.1, 0.15) is 10.6 Å². The zero-order chi connectivity index (χ0) is 19.4. The molecule has 0 radical (unpaired) electrons. The van der Waals surface area contributed by atoms with E-state index in [4.69, 9.17) is 13.9 Å². The molecule has 0 spiro atoms. The van der Waals surface area contributed by atoms with Crippen molar-refractivity contribution in [1.29, 1.82) is 0 Å². The van der Waals surface area contributed by atoms with Gasteiger partial charge in [0.25, 0.3) is 11.9 Å². The first kappa shape index (κ1) is 19.4. The number of nitrogens with zero attached hydrogens (tertiary/aromatic N) is 1. The normalized spacial score (nSPS) is 20.0. The van der Waals surface area contributed by atoms with Crippen molar-refractivity contribution in [1.82, 2.24) is 9.62 Å². The second-order valence-electron chi connectivity index (χ2n) is 6.47. The van der Waals surface area contributed by atoms with Crippen LogP contribution in [-0.4, -0.2) is 57.7 Å². The lowest BCUT2D eigenvalue weighted by Crippen LogP contribution is -2.43. The third-order valence-corrected chi connectivity index (χ3v) is 6.22. The number of hydrogen-bond donors (Lipinski definition) is 1. The molecule has 9 heteroatoms. The van der Waals surface area contributed by atoms with Crippen LogP contribution in [0.3, 0.4) is 0 Å². The first-order valence-electron chi connectivity index (χ1n) is 8.47. The number of para-hydroxylation sites is 1. The minimum atomic E-state index is -3.39. The van der Waals surface area contributed by atoms with Crippen molar-refractivity contribution in [2.45, 2.75) is 6.04 Å². The van der Waals surface area contributed by atoms with Gasteiger partial charge in [0.1, 0.15) is 5.75 Å². The van der Waals surface area contributed by atoms with E-state index in [1.807, 2.05) is 18.2 Å². The molecule has 1 saturated heterocycles. The smallest absolute Gasteiger partial charge is 0.290 e. The summed E-state index contributed by atoms with van der Waals surface area (Å²) in [6.45, 7) is 0.534. The average Bonchev–Trinajstić information content (AvgIpc) is 3.25. The number of furan rings is 1. The quantitative estimate of drug-likeness (QED) is 0.768. The molecule has 1 fully saturated rings. The van der Waals surface area contributed by atoms with Crippen LogP contribution in [0.2, 0.25) is 0 Å². The van der Waals surface area contributed by atoms with Gasteiger partial charge in [-0.2, -0.15) is 0 Å². The summed E-state index contributed by atoms with van der Waals surface area (Å²) in [4.78, 5) is 12.4. The summed E-state index contributed by atoms with van der Waals surface area (Å²) in [6.07, 6.45) is 0. The lowest BCUT2D eigenvalue weighted by molar-refractivity contribution is 0.0893. The summed E-state index contributed by atoms with van der Waals surface area (Å²) in [6, 6.07) is 11.7. The molecule has 0 aliphatic carbocycles. The Labute approximate surface area is 158 Å². The lowest BCUT2D eigenvalue weighted by Gasteiger charge is -2.20. The van der Waals surface area contributed by atoms with E-state index in [1.165, 1.54) is 24.5 Å². The molecule has 1 amide bonds. The third-order valence-electron chi connectivity index (χ3n) is 4.26. The molecular formula is C18H22N2O6S. The number of rotatable bonds is 7. The van der Waals surface area contributed by atoms with Crippen LogP contribution in [0.5, 0.6) is 11.7 Å². The molecule has 146 valence electrons. The second-order valence-corrected chi connectivity index (χ2v) is 8.70. The fourth-order valence-corrected chi connectivity index (χ4v) is 3.85. The van der Waals surface area contributed by atoms with Gasteiger partial charge in [-0.1, -0.05) is 18.2 Å². The number of carbonyl (C=O) groups is 1. The summed E-state index contributed by atoms with van der Waals surface area (Å²) in [5.41, 5.74) is 0. The maximum Gasteiger partial charge on any atom is 0.290 e. The highest BCUT2D eigenvalue weighted by atomic mass is 32.2. The van der Waals surface area contributed by atoms with Crippen LogP contribution in [0.4, 0.5) is 0 Å². The molecule has 2 atom stereocenters. The van der Waals surface area contributed by atoms with E-state index in [0.29, 0.717) is 5.75 Å². The van der Waals surface area contributed by atoms with Crippen molar-refractivity contribution < 1.29 is 27.1 Å². The van der Waals surface area contributed by atoms with Gasteiger partial charge >= 0.3 is 0 Å². The predicted molar refractivity (Wildman–Crippen MR) is 98.3 cm³/mol. The number of carbonyl (C=O) groups excluding carboxylic acids is 1. The average molecular weight is 394 g/mol. The Morgan fingerprint density at radius 1 is 1.19 bits per heavy atom. The van der Waals surface area contributed by atoms with Crippen LogP contribution in [0.15, 0.2) is 46.9 Å². The molecule has 1 N–H and O–H groups in total. The number of ether oxygens (including phenoxy) is 2. The standard InChI is InChI=1S/C18H22N2O6S/c1-20(2)27(22,23)12-13-10-24-11-15(13)19-18(21)16-8-9-17(26-16)25-14-6-4-3-5-7-14/h3-9,13,15H,10-12H2,1-2H3,(H,19,21)/t13-,15+/m0/s1. The summed E-state index contributed by atoms with van der Waals surface area (Å²) in [5.74, 6) is 0.0163. The molecule has 0 bridgehead atoms. The zero-order valence-electron chi connectivity index (χ0n) is 15.1. The number of amides is 1. The molecule has 3 rings (SSSR count). The van der Waals surface area contributed by atoms with Crippen molar-refractivity contribution in [2.75, 3.05) is 33.1 Å². The zero-order valence-corrected chi connectivity index (χ0v) is 15.9. The fourth-order valence-electron chi connectivity index (χ4n) is 2.68. The third kappa shape index (κ3) is 4.88. The fraction of sp³-hybridized carbons (Fsp3) is 0.389. The van der Waals surface area contributed by atoms with Gasteiger partial charge in [-0.05, 0) is 18.2 Å². The molecule has 27 heavy (non-hydrogen) atoms. The van der Waals surface area contributed by atoms with Crippen LogP contribution < -0.4 is 10.1 Å². The maximum absolute atomic E-state index is 12.4. The Morgan fingerprint density at radius 3 is 2.63 bits per heavy atom. The van der Waals surface area contributed by atoms with Gasteiger partial charge in [0.05, 0.1) is 25.0 Å². The largest absolute Gasteiger partial charge is 0.426 e. The molecule has 8 nitrogen and oxygen atoms in total. The van der Waals surface area contributed by atoms with Gasteiger partial charge in [0.15, 0.2) is 5.76 Å². The van der Waals surface area contributed by atoms with Crippen LogP contribution in [0.25, 0.3) is 0 Å². The highest BCUT2D eigenvalue weighted by Crippen LogP contribution is 2.24. The van der Waals surface area contributed by atoms with Gasteiger partial charge in [-0.25, -0.2) is 12.7 Å². The number of nitrogens with one attached hydrogen (secondary N) is 1. The number of sulfonamides is 1. The van der Waals surface area contributed by atoms with Gasteiger partial charge < -0.3 is 19.2 Å². The van der Waals surface area contributed by atoms with E-state index >= 15 is 0 Å². The lowest BCUT2D eigenvalue weighted by atomic mass is 10.1. The van der Waals surface area contributed by atoms with Crippen LogP contribution in [-0.2, 0) is 14.8 Å². The van der Waals surface area contributed by atoms with E-state index in [9.17, 15) is 13.2 Å². The highest BCUT2D eigenvalue weighted by Gasteiger charge is 2.34. The Bertz CT molecular complexity index is 878. The number of benzene rings is 1. The molecule has 0 unspecified atom stereocenters. The van der Waals surface area contributed by atoms with E-state index in [-0.39, 0.29) is 36.6 Å². The van der Waals surface area contributed by atoms with E-state index < -0.39 is 22.0 Å². The van der Waals surface area contributed by atoms with Crippen molar-refractivity contribution in [3.63, 3.8) is 0 Å². The Kier molecular flexibility index (Phi) is 5.83. The van der Waals surface area contributed by atoms with E-state index in [0.717, 1.165) is 0 Å². The summed E-state index contributed by atoms with van der Waals surface area (Å²) in [7, 11) is -0.423. The van der Waals surface area contributed by atoms with E-state index in [2.05, 4.69) is 5.32 Å². The molecule has 1 aliphatic heterocycles. The summed E-state index contributed by atoms with van der Waals surface area (Å²) >= 11 is 0. The molecule has 1 aromatic heterocycles. The van der Waals surface area contributed by atoms with Crippen LogP contribution >= 0.6 is 0 Å². The monoisotopic (exact) mass is 394 g/mol. The first-order chi connectivity index (χ1) is 12.8. The SMILES string of the molecule is CN(C)S(=O)(=O)C[C@@H]1COC[C@H]1NC(=O)c1ccc(Oc2ccccc2)o1. The van der Waals surface area contributed by atoms with Gasteiger partial charge in [-0.3, -0.25) is 4.79 Å². The summed E-state index contributed by atoms with van der Waals surface area (Å²) in [5, 5.41) is 2.79. The van der Waals surface area contributed by atoms with Crippen molar-refractivity contribution in [3.8, 4) is 11.7 Å². The van der Waals surface area contributed by atoms with Crippen molar-refractivity contribution in [2.24, 2.45) is 5.92 Å². The molecule has 1 aliphatic rings. The summed E-state index contributed by atoms with van der Waals surface area (Å²) < 4.78 is 41.7. The highest BCUT2D eigenvalue weighted by molar-refractivity contribution is 7.89. The van der Waals surface area contributed by atoms with Gasteiger partial charge in [-0.15, -0.1) is 0 Å². The van der Waals surface area contributed by atoms with E-state index in [1.54, 1.807) is 18.2 Å². The minimum Gasteiger partial charge on any atom is -0.426 e. The van der Waals surface area contributed by atoms with Crippen molar-refractivity contribution >= 4 is 15.9 Å². The van der Waals surface area contributed by atoms with Crippen LogP contribution in [0, 0.1) is 5.92 Å². The minimum absolute atomic E-state index is 0.0852. The first-order valence-corrected chi connectivity index (χ1v) is 10.1. The van der Waals surface area contributed by atoms with Gasteiger partial charge in [0.2, 0.25) is 10.0 Å². The number of hydrogen-bond acceptors (Lipinski definition) is 6. The Morgan fingerprint density at radius 2 is 1.93 bits per heavy atom. The second kappa shape index (κ2) is 8.12. The van der Waals surface area contributed by atoms with Crippen molar-refractivity contribution in [3.05, 3.63) is 48.2 Å². The Hall–Kier alpha value is -2.36. The Balaban J connectivity index is 1.61. The molecule has 2 aromatic rings. The predicted octanol–water partition coefficient (Wildman–Crippen LogP) is 1.71. The van der Waals surface area contributed by atoms with Gasteiger partial charge in [0, 0.05) is 26.1 Å². The maximum atomic E-state index is 12.4. The molecule has 2 heterocycles.